The standard InChI is InChI=1S/C25H23N2O.C22H30GeN.Ir/c1-2-4-23-21(3-1)25-24(28-23)14-20(15-27-25)22-13-17(9-10-26-22)12-19-11-16-5-7-18(19)8-6-16;1-16-9-8-12-19(13-16)22-17(2)20(14-18-10-6-7-11-18)21(15-24-22)23(3,4)5;/h1-4,9-10,13,15-16,18-19H,5-8,11-12H2;8-9,12,15,18H,6-7,10-11,14H2,1-5H3;/q2*-1;. The van der Waals surface area contributed by atoms with Crippen molar-refractivity contribution < 1.29 is 24.5 Å². The van der Waals surface area contributed by atoms with Gasteiger partial charge in [-0.25, -0.2) is 0 Å². The van der Waals surface area contributed by atoms with E-state index in [1.165, 1.54) is 87.3 Å². The number of hydrogen-bond donors (Lipinski definition) is 0. The van der Waals surface area contributed by atoms with Gasteiger partial charge in [0.05, 0.1) is 5.58 Å². The van der Waals surface area contributed by atoms with Crippen molar-refractivity contribution in [2.75, 3.05) is 0 Å². The van der Waals surface area contributed by atoms with E-state index in [0.29, 0.717) is 5.58 Å². The number of fused-ring (bicyclic) bond motifs is 6. The van der Waals surface area contributed by atoms with E-state index in [0.717, 1.165) is 62.7 Å². The normalized spacial score (nSPS) is 20.0. The molecule has 4 fully saturated rings. The summed E-state index contributed by atoms with van der Waals surface area (Å²) >= 11 is -1.92. The summed E-state index contributed by atoms with van der Waals surface area (Å²) in [6.45, 7) is 4.40. The first-order chi connectivity index (χ1) is 25.2. The number of nitrogens with zero attached hydrogens (tertiary/aromatic N) is 3. The number of pyridine rings is 3. The first-order valence-corrected chi connectivity index (χ1v) is 27.2. The summed E-state index contributed by atoms with van der Waals surface area (Å²) in [6, 6.07) is 25.7. The van der Waals surface area contributed by atoms with Crippen LogP contribution in [0.2, 0.25) is 17.3 Å². The third kappa shape index (κ3) is 8.43. The first-order valence-electron chi connectivity index (χ1n) is 19.8. The van der Waals surface area contributed by atoms with Crippen LogP contribution < -0.4 is 4.40 Å². The molecule has 4 saturated carbocycles. The molecule has 2 bridgehead atoms. The van der Waals surface area contributed by atoms with Crippen molar-refractivity contribution in [3.05, 3.63) is 108 Å². The molecule has 0 saturated heterocycles. The number of furan rings is 1. The molecule has 1 atom stereocenters. The van der Waals surface area contributed by atoms with E-state index in [1.54, 1.807) is 9.96 Å². The van der Waals surface area contributed by atoms with Crippen LogP contribution in [0.15, 0.2) is 77.6 Å². The molecule has 6 heteroatoms. The summed E-state index contributed by atoms with van der Waals surface area (Å²) in [6.07, 6.45) is 21.3. The van der Waals surface area contributed by atoms with E-state index >= 15 is 0 Å². The molecule has 0 spiro atoms. The van der Waals surface area contributed by atoms with Crippen molar-refractivity contribution in [3.8, 4) is 22.5 Å². The summed E-state index contributed by atoms with van der Waals surface area (Å²) in [4.78, 5) is 14.2. The van der Waals surface area contributed by atoms with Crippen LogP contribution in [0.5, 0.6) is 0 Å². The molecular formula is C47H53GeIrN3O-2. The molecule has 1 radical (unpaired) electrons. The molecule has 1 unspecified atom stereocenters. The number of hydrogen-bond acceptors (Lipinski definition) is 4. The summed E-state index contributed by atoms with van der Waals surface area (Å²) in [7, 11) is 0. The van der Waals surface area contributed by atoms with Crippen molar-refractivity contribution in [1.29, 1.82) is 0 Å². The Morgan fingerprint density at radius 2 is 1.58 bits per heavy atom. The van der Waals surface area contributed by atoms with Gasteiger partial charge in [-0.05, 0) is 61.3 Å². The monoisotopic (exact) mass is 942 g/mol. The molecule has 0 aliphatic heterocycles. The van der Waals surface area contributed by atoms with Crippen molar-refractivity contribution in [2.24, 2.45) is 23.7 Å². The van der Waals surface area contributed by atoms with E-state index in [9.17, 15) is 0 Å². The number of aromatic nitrogens is 3. The van der Waals surface area contributed by atoms with E-state index in [4.69, 9.17) is 9.40 Å². The molecule has 4 aliphatic carbocycles. The van der Waals surface area contributed by atoms with E-state index in [-0.39, 0.29) is 20.1 Å². The maximum Gasteiger partial charge on any atom is 0.125 e. The van der Waals surface area contributed by atoms with Gasteiger partial charge in [-0.2, -0.15) is 0 Å². The summed E-state index contributed by atoms with van der Waals surface area (Å²) < 4.78 is 7.56. The van der Waals surface area contributed by atoms with Gasteiger partial charge in [0.1, 0.15) is 5.58 Å². The molecule has 4 nitrogen and oxygen atoms in total. The molecule has 277 valence electrons. The Morgan fingerprint density at radius 3 is 2.32 bits per heavy atom. The molecule has 10 rings (SSSR count). The Morgan fingerprint density at radius 1 is 0.792 bits per heavy atom. The Kier molecular flexibility index (Phi) is 11.7. The Hall–Kier alpha value is -3.12. The van der Waals surface area contributed by atoms with Crippen LogP contribution in [-0.2, 0) is 32.9 Å². The van der Waals surface area contributed by atoms with Gasteiger partial charge in [0, 0.05) is 37.2 Å². The van der Waals surface area contributed by atoms with Crippen LogP contribution in [0.25, 0.3) is 44.6 Å². The van der Waals surface area contributed by atoms with Crippen LogP contribution in [0.3, 0.4) is 0 Å². The fraction of sp³-hybridized carbons (Fsp3) is 0.426. The maximum atomic E-state index is 5.95. The predicted molar refractivity (Wildman–Crippen MR) is 217 cm³/mol. The minimum atomic E-state index is -1.92. The third-order valence-electron chi connectivity index (χ3n) is 12.4. The quantitative estimate of drug-likeness (QED) is 0.118. The van der Waals surface area contributed by atoms with Gasteiger partial charge < -0.3 is 14.4 Å². The Balaban J connectivity index is 0.000000163. The molecule has 4 heterocycles. The van der Waals surface area contributed by atoms with Gasteiger partial charge >= 0.3 is 150 Å². The fourth-order valence-electron chi connectivity index (χ4n) is 9.53. The zero-order valence-electron chi connectivity index (χ0n) is 32.1. The number of para-hydroxylation sites is 1. The largest absolute Gasteiger partial charge is 0.475 e. The second-order valence-electron chi connectivity index (χ2n) is 17.1. The van der Waals surface area contributed by atoms with Crippen LogP contribution >= 0.6 is 0 Å². The molecule has 4 aromatic heterocycles. The second kappa shape index (κ2) is 16.3. The minimum Gasteiger partial charge on any atom is -0.475 e. The minimum absolute atomic E-state index is 0. The van der Waals surface area contributed by atoms with E-state index in [2.05, 4.69) is 89.7 Å². The molecule has 2 aromatic carbocycles. The topological polar surface area (TPSA) is 51.8 Å². The summed E-state index contributed by atoms with van der Waals surface area (Å²) in [5.74, 6) is 11.1. The number of rotatable bonds is 7. The zero-order valence-corrected chi connectivity index (χ0v) is 36.6. The van der Waals surface area contributed by atoms with Gasteiger partial charge in [0.2, 0.25) is 0 Å². The van der Waals surface area contributed by atoms with Gasteiger partial charge in [-0.1, -0.05) is 54.9 Å². The average Bonchev–Trinajstić information content (AvgIpc) is 3.80. The third-order valence-corrected chi connectivity index (χ3v) is 16.7. The average molecular weight is 941 g/mol. The van der Waals surface area contributed by atoms with Crippen molar-refractivity contribution in [2.45, 2.75) is 102 Å². The molecular weight excluding hydrogens is 887 g/mol. The van der Waals surface area contributed by atoms with E-state index in [1.807, 2.05) is 36.7 Å². The van der Waals surface area contributed by atoms with E-state index < -0.39 is 13.3 Å². The molecule has 6 aromatic rings. The van der Waals surface area contributed by atoms with Crippen molar-refractivity contribution in [1.82, 2.24) is 15.0 Å². The molecule has 0 N–H and O–H groups in total. The summed E-state index contributed by atoms with van der Waals surface area (Å²) in [5.41, 5.74) is 12.2. The predicted octanol–water partition coefficient (Wildman–Crippen LogP) is 11.7. The number of benzene rings is 2. The molecule has 4 aliphatic rings. The van der Waals surface area contributed by atoms with Crippen LogP contribution in [0.1, 0.15) is 80.0 Å². The molecule has 0 amide bonds. The van der Waals surface area contributed by atoms with Gasteiger partial charge in [0.25, 0.3) is 0 Å². The van der Waals surface area contributed by atoms with Gasteiger partial charge in [0.15, 0.2) is 0 Å². The maximum absolute atomic E-state index is 5.95. The smallest absolute Gasteiger partial charge is 0.125 e. The zero-order chi connectivity index (χ0) is 35.8. The second-order valence-corrected chi connectivity index (χ2v) is 27.7. The Labute approximate surface area is 332 Å². The SMILES string of the molecule is Cc1[c-]c(-c2nc[c]([Ge]([CH3])([CH3])[CH3])c(CC3CCCC3)c2C)ccc1.[Ir].[c-]1c(-c2cc(CC3CC4CCC3CC4)ccn2)cnc2c1oc1ccccc12. The van der Waals surface area contributed by atoms with Gasteiger partial charge in [-0.3, -0.25) is 0 Å². The molecule has 53 heavy (non-hydrogen) atoms. The van der Waals surface area contributed by atoms with Crippen LogP contribution in [-0.4, -0.2) is 28.2 Å². The van der Waals surface area contributed by atoms with Gasteiger partial charge in [-0.15, -0.1) is 5.56 Å². The first kappa shape index (κ1) is 38.2. The van der Waals surface area contributed by atoms with Crippen molar-refractivity contribution in [3.63, 3.8) is 0 Å². The van der Waals surface area contributed by atoms with Crippen LogP contribution in [0, 0.1) is 49.7 Å². The summed E-state index contributed by atoms with van der Waals surface area (Å²) in [5, 5.41) is 1.04. The van der Waals surface area contributed by atoms with Crippen LogP contribution in [0.4, 0.5) is 0 Å². The number of aryl methyl sites for hydroxylation is 1. The van der Waals surface area contributed by atoms with Crippen molar-refractivity contribution >= 4 is 39.7 Å². The fourth-order valence-corrected chi connectivity index (χ4v) is 13.0. The Bertz CT molecular complexity index is 2190.